The van der Waals surface area contributed by atoms with Crippen LogP contribution in [0.15, 0.2) is 18.2 Å². The number of ether oxygens (including phenoxy) is 1. The summed E-state index contributed by atoms with van der Waals surface area (Å²) in [6, 6.07) is 5.42. The van der Waals surface area contributed by atoms with Gasteiger partial charge in [-0.05, 0) is 37.1 Å². The normalized spacial score (nSPS) is 12.4. The van der Waals surface area contributed by atoms with Gasteiger partial charge >= 0.3 is 5.97 Å². The molecule has 1 aromatic carbocycles. The maximum atomic E-state index is 10.9. The van der Waals surface area contributed by atoms with Crippen molar-refractivity contribution in [3.8, 4) is 0 Å². The fraction of sp³-hybridized carbons (Fsp3) is 0.417. The van der Waals surface area contributed by atoms with Gasteiger partial charge in [0.1, 0.15) is 0 Å². The summed E-state index contributed by atoms with van der Waals surface area (Å²) in [5.41, 5.74) is 1.93. The molecule has 0 spiro atoms. The maximum Gasteiger partial charge on any atom is 0.333 e. The molecule has 0 aromatic heterocycles. The molecule has 1 rings (SSSR count). The summed E-state index contributed by atoms with van der Waals surface area (Å²) in [6.45, 7) is 4.08. The Kier molecular flexibility index (Phi) is 4.77. The monoisotopic (exact) mass is 242 g/mol. The Balaban J connectivity index is 2.81. The highest BCUT2D eigenvalue weighted by Crippen LogP contribution is 2.17. The Labute approximate surface area is 100.0 Å². The zero-order valence-electron chi connectivity index (χ0n) is 9.37. The lowest BCUT2D eigenvalue weighted by Gasteiger charge is -2.14. The van der Waals surface area contributed by atoms with Crippen LogP contribution >= 0.6 is 11.6 Å². The average molecular weight is 243 g/mol. The van der Waals surface area contributed by atoms with Gasteiger partial charge in [-0.3, -0.25) is 0 Å². The molecule has 0 bridgehead atoms. The number of aryl methyl sites for hydroxylation is 1. The number of carboxylic acid groups (broad SMARTS) is 1. The first-order valence-electron chi connectivity index (χ1n) is 5.14. The Bertz CT molecular complexity index is 377. The molecule has 1 atom stereocenters. The lowest BCUT2D eigenvalue weighted by molar-refractivity contribution is -0.149. The van der Waals surface area contributed by atoms with Crippen LogP contribution in [0.3, 0.4) is 0 Å². The van der Waals surface area contributed by atoms with Gasteiger partial charge in [-0.2, -0.15) is 0 Å². The minimum atomic E-state index is -0.934. The summed E-state index contributed by atoms with van der Waals surface area (Å²) in [7, 11) is 0. The average Bonchev–Trinajstić information content (AvgIpc) is 2.20. The lowest BCUT2D eigenvalue weighted by atomic mass is 10.0. The highest BCUT2D eigenvalue weighted by atomic mass is 35.5. The third-order valence-corrected chi connectivity index (χ3v) is 2.59. The molecule has 0 saturated heterocycles. The Morgan fingerprint density at radius 3 is 2.75 bits per heavy atom. The van der Waals surface area contributed by atoms with E-state index in [9.17, 15) is 4.79 Å². The molecule has 88 valence electrons. The largest absolute Gasteiger partial charge is 0.479 e. The Morgan fingerprint density at radius 2 is 2.25 bits per heavy atom. The van der Waals surface area contributed by atoms with Gasteiger partial charge in [-0.15, -0.1) is 0 Å². The third-order valence-electron chi connectivity index (χ3n) is 2.35. The number of carbonyl (C=O) groups is 1. The standard InChI is InChI=1S/C12H15ClO3/c1-3-16-11(12(14)15)7-9-4-5-10(13)6-8(9)2/h4-6,11H,3,7H2,1-2H3,(H,14,15)/t11-/m0/s1. The molecular formula is C12H15ClO3. The first-order valence-corrected chi connectivity index (χ1v) is 5.51. The molecule has 0 aliphatic carbocycles. The maximum absolute atomic E-state index is 10.9. The van der Waals surface area contributed by atoms with E-state index in [-0.39, 0.29) is 0 Å². The van der Waals surface area contributed by atoms with E-state index in [2.05, 4.69) is 0 Å². The number of carboxylic acids is 1. The zero-order chi connectivity index (χ0) is 12.1. The van der Waals surface area contributed by atoms with Gasteiger partial charge in [0.2, 0.25) is 0 Å². The molecule has 1 aromatic rings. The molecule has 0 aliphatic heterocycles. The second-order valence-corrected chi connectivity index (χ2v) is 3.99. The van der Waals surface area contributed by atoms with Crippen molar-refractivity contribution < 1.29 is 14.6 Å². The van der Waals surface area contributed by atoms with E-state index >= 15 is 0 Å². The topological polar surface area (TPSA) is 46.5 Å². The van der Waals surface area contributed by atoms with Crippen molar-refractivity contribution >= 4 is 17.6 Å². The fourth-order valence-electron chi connectivity index (χ4n) is 1.51. The van der Waals surface area contributed by atoms with E-state index in [4.69, 9.17) is 21.4 Å². The number of hydrogen-bond donors (Lipinski definition) is 1. The van der Waals surface area contributed by atoms with Crippen molar-refractivity contribution in [3.05, 3.63) is 34.3 Å². The molecule has 4 heteroatoms. The predicted molar refractivity (Wildman–Crippen MR) is 62.9 cm³/mol. The van der Waals surface area contributed by atoms with Gasteiger partial charge in [0, 0.05) is 18.1 Å². The van der Waals surface area contributed by atoms with Crippen molar-refractivity contribution in [2.24, 2.45) is 0 Å². The number of rotatable bonds is 5. The summed E-state index contributed by atoms with van der Waals surface area (Å²) in [5.74, 6) is -0.934. The molecule has 0 amide bonds. The van der Waals surface area contributed by atoms with Crippen LogP contribution in [0, 0.1) is 6.92 Å². The van der Waals surface area contributed by atoms with E-state index < -0.39 is 12.1 Å². The molecular weight excluding hydrogens is 228 g/mol. The minimum Gasteiger partial charge on any atom is -0.479 e. The fourth-order valence-corrected chi connectivity index (χ4v) is 1.73. The highest BCUT2D eigenvalue weighted by Gasteiger charge is 2.18. The van der Waals surface area contributed by atoms with E-state index in [1.807, 2.05) is 19.1 Å². The third kappa shape index (κ3) is 3.51. The molecule has 0 fully saturated rings. The number of hydrogen-bond acceptors (Lipinski definition) is 2. The van der Waals surface area contributed by atoms with Crippen LogP contribution in [0.5, 0.6) is 0 Å². The Morgan fingerprint density at radius 1 is 1.56 bits per heavy atom. The SMILES string of the molecule is CCO[C@@H](Cc1ccc(Cl)cc1C)C(=O)O. The highest BCUT2D eigenvalue weighted by molar-refractivity contribution is 6.30. The van der Waals surface area contributed by atoms with E-state index in [0.29, 0.717) is 18.1 Å². The first-order chi connectivity index (χ1) is 7.54. The zero-order valence-corrected chi connectivity index (χ0v) is 10.1. The van der Waals surface area contributed by atoms with Crippen LogP contribution in [0.1, 0.15) is 18.1 Å². The molecule has 0 aliphatic rings. The summed E-state index contributed by atoms with van der Waals surface area (Å²) in [6.07, 6.45) is -0.420. The summed E-state index contributed by atoms with van der Waals surface area (Å²) < 4.78 is 5.16. The molecule has 0 radical (unpaired) electrons. The van der Waals surface area contributed by atoms with Crippen LogP contribution < -0.4 is 0 Å². The van der Waals surface area contributed by atoms with Crippen LogP contribution in [0.4, 0.5) is 0 Å². The molecule has 3 nitrogen and oxygen atoms in total. The van der Waals surface area contributed by atoms with Gasteiger partial charge in [-0.1, -0.05) is 17.7 Å². The number of aliphatic carboxylic acids is 1. The predicted octanol–water partition coefficient (Wildman–Crippen LogP) is 2.68. The van der Waals surface area contributed by atoms with Gasteiger partial charge in [0.05, 0.1) is 0 Å². The van der Waals surface area contributed by atoms with E-state index in [1.54, 1.807) is 13.0 Å². The minimum absolute atomic E-state index is 0.367. The van der Waals surface area contributed by atoms with Gasteiger partial charge < -0.3 is 9.84 Å². The molecule has 16 heavy (non-hydrogen) atoms. The number of halogens is 1. The molecule has 0 heterocycles. The van der Waals surface area contributed by atoms with E-state index in [1.165, 1.54) is 0 Å². The second kappa shape index (κ2) is 5.87. The van der Waals surface area contributed by atoms with Crippen molar-refractivity contribution in [3.63, 3.8) is 0 Å². The summed E-state index contributed by atoms with van der Waals surface area (Å²) in [4.78, 5) is 10.9. The summed E-state index contributed by atoms with van der Waals surface area (Å²) in [5, 5.41) is 9.62. The number of benzene rings is 1. The lowest BCUT2D eigenvalue weighted by Crippen LogP contribution is -2.26. The van der Waals surface area contributed by atoms with Gasteiger partial charge in [-0.25, -0.2) is 4.79 Å². The summed E-state index contributed by atoms with van der Waals surface area (Å²) >= 11 is 5.83. The van der Waals surface area contributed by atoms with Gasteiger partial charge in [0.15, 0.2) is 6.10 Å². The van der Waals surface area contributed by atoms with Crippen LogP contribution in [-0.4, -0.2) is 23.8 Å². The van der Waals surface area contributed by atoms with Crippen molar-refractivity contribution in [2.75, 3.05) is 6.61 Å². The van der Waals surface area contributed by atoms with E-state index in [0.717, 1.165) is 11.1 Å². The smallest absolute Gasteiger partial charge is 0.333 e. The van der Waals surface area contributed by atoms with Crippen LogP contribution in [-0.2, 0) is 16.0 Å². The second-order valence-electron chi connectivity index (χ2n) is 3.56. The van der Waals surface area contributed by atoms with Crippen molar-refractivity contribution in [2.45, 2.75) is 26.4 Å². The van der Waals surface area contributed by atoms with Gasteiger partial charge in [0.25, 0.3) is 0 Å². The first kappa shape index (κ1) is 13.0. The molecule has 0 unspecified atom stereocenters. The van der Waals surface area contributed by atoms with Crippen molar-refractivity contribution in [1.82, 2.24) is 0 Å². The quantitative estimate of drug-likeness (QED) is 0.864. The van der Waals surface area contributed by atoms with Crippen LogP contribution in [0.2, 0.25) is 5.02 Å². The van der Waals surface area contributed by atoms with Crippen molar-refractivity contribution in [1.29, 1.82) is 0 Å². The molecule has 0 saturated carbocycles. The molecule has 1 N–H and O–H groups in total. The van der Waals surface area contributed by atoms with Crippen LogP contribution in [0.25, 0.3) is 0 Å². The Hall–Kier alpha value is -1.06.